The molecule has 24 heavy (non-hydrogen) atoms. The molecule has 0 radical (unpaired) electrons. The lowest BCUT2D eigenvalue weighted by molar-refractivity contribution is -0.149. The zero-order chi connectivity index (χ0) is 17.6. The molecule has 0 amide bonds. The number of rotatable bonds is 5. The number of esters is 1. The molecule has 1 aliphatic rings. The number of allylic oxidation sites excluding steroid dienone is 1. The molecular formula is C19H26O5. The molecule has 0 aromatic heterocycles. The summed E-state index contributed by atoms with van der Waals surface area (Å²) in [5, 5.41) is 10.1. The average Bonchev–Trinajstić information content (AvgIpc) is 2.49. The normalized spacial score (nSPS) is 22.9. The molecule has 1 fully saturated rings. The summed E-state index contributed by atoms with van der Waals surface area (Å²) in [7, 11) is 0. The lowest BCUT2D eigenvalue weighted by Gasteiger charge is -2.30. The van der Waals surface area contributed by atoms with Gasteiger partial charge in [-0.05, 0) is 32.8 Å². The van der Waals surface area contributed by atoms with E-state index < -0.39 is 23.8 Å². The second-order valence-corrected chi connectivity index (χ2v) is 6.91. The van der Waals surface area contributed by atoms with Crippen LogP contribution in [-0.4, -0.2) is 35.5 Å². The van der Waals surface area contributed by atoms with Crippen LogP contribution >= 0.6 is 0 Å². The highest BCUT2D eigenvalue weighted by Crippen LogP contribution is 2.23. The molecule has 5 nitrogen and oxygen atoms in total. The summed E-state index contributed by atoms with van der Waals surface area (Å²) < 4.78 is 16.6. The van der Waals surface area contributed by atoms with Gasteiger partial charge in [0.05, 0.1) is 25.4 Å². The number of hydrogen-bond acceptors (Lipinski definition) is 5. The highest BCUT2D eigenvalue weighted by atomic mass is 16.6. The minimum Gasteiger partial charge on any atom is -0.489 e. The van der Waals surface area contributed by atoms with E-state index in [0.29, 0.717) is 25.2 Å². The molecule has 1 saturated heterocycles. The quantitative estimate of drug-likeness (QED) is 0.662. The maximum Gasteiger partial charge on any atom is 0.334 e. The molecule has 2 rings (SSSR count). The van der Waals surface area contributed by atoms with Gasteiger partial charge in [0.15, 0.2) is 0 Å². The fraction of sp³-hybridized carbons (Fsp3) is 0.526. The van der Waals surface area contributed by atoms with Crippen LogP contribution in [0.2, 0.25) is 0 Å². The number of benzene rings is 1. The highest BCUT2D eigenvalue weighted by Gasteiger charge is 2.28. The van der Waals surface area contributed by atoms with E-state index in [1.54, 1.807) is 0 Å². The van der Waals surface area contributed by atoms with Gasteiger partial charge in [-0.1, -0.05) is 30.3 Å². The van der Waals surface area contributed by atoms with E-state index in [9.17, 15) is 9.90 Å². The molecule has 1 heterocycles. The lowest BCUT2D eigenvalue weighted by Crippen LogP contribution is -2.37. The predicted molar refractivity (Wildman–Crippen MR) is 90.1 cm³/mol. The Balaban J connectivity index is 1.85. The maximum absolute atomic E-state index is 11.8. The molecule has 1 aliphatic heterocycles. The Morgan fingerprint density at radius 1 is 1.33 bits per heavy atom. The minimum absolute atomic E-state index is 0.266. The number of ether oxygens (including phenoxy) is 3. The zero-order valence-electron chi connectivity index (χ0n) is 14.5. The van der Waals surface area contributed by atoms with Gasteiger partial charge in [-0.2, -0.15) is 0 Å². The molecule has 132 valence electrons. The van der Waals surface area contributed by atoms with Crippen LogP contribution in [-0.2, 0) is 25.6 Å². The number of carbonyl (C=O) groups excluding carboxylic acids is 1. The van der Waals surface area contributed by atoms with Crippen LogP contribution in [0, 0.1) is 0 Å². The van der Waals surface area contributed by atoms with Crippen molar-refractivity contribution in [2.45, 2.75) is 58.0 Å². The van der Waals surface area contributed by atoms with Crippen molar-refractivity contribution in [3.05, 3.63) is 47.7 Å². The van der Waals surface area contributed by atoms with Crippen LogP contribution in [0.1, 0.15) is 39.2 Å². The molecule has 1 aromatic rings. The Kier molecular flexibility index (Phi) is 6.40. The van der Waals surface area contributed by atoms with E-state index in [-0.39, 0.29) is 6.61 Å². The van der Waals surface area contributed by atoms with Gasteiger partial charge in [0.1, 0.15) is 17.5 Å². The molecule has 0 spiro atoms. The molecule has 0 bridgehead atoms. The summed E-state index contributed by atoms with van der Waals surface area (Å²) in [6, 6.07) is 9.81. The van der Waals surface area contributed by atoms with Crippen molar-refractivity contribution in [2.24, 2.45) is 0 Å². The van der Waals surface area contributed by atoms with Crippen molar-refractivity contribution >= 4 is 5.97 Å². The summed E-state index contributed by atoms with van der Waals surface area (Å²) in [6.45, 7) is 6.17. The van der Waals surface area contributed by atoms with E-state index >= 15 is 0 Å². The van der Waals surface area contributed by atoms with E-state index in [1.165, 1.54) is 6.08 Å². The van der Waals surface area contributed by atoms with Gasteiger partial charge in [-0.25, -0.2) is 4.79 Å². The Hall–Kier alpha value is -1.85. The number of aliphatic hydroxyl groups is 1. The van der Waals surface area contributed by atoms with Crippen molar-refractivity contribution in [3.63, 3.8) is 0 Å². The van der Waals surface area contributed by atoms with E-state index in [2.05, 4.69) is 0 Å². The number of aliphatic hydroxyl groups excluding tert-OH is 1. The third-order valence-electron chi connectivity index (χ3n) is 3.50. The summed E-state index contributed by atoms with van der Waals surface area (Å²) >= 11 is 0. The van der Waals surface area contributed by atoms with Crippen LogP contribution in [0.15, 0.2) is 42.2 Å². The Morgan fingerprint density at radius 2 is 2.04 bits per heavy atom. The van der Waals surface area contributed by atoms with Gasteiger partial charge in [0.25, 0.3) is 0 Å². The summed E-state index contributed by atoms with van der Waals surface area (Å²) in [6.07, 6.45) is 1.33. The van der Waals surface area contributed by atoms with E-state index in [1.807, 2.05) is 51.1 Å². The van der Waals surface area contributed by atoms with Crippen molar-refractivity contribution in [2.75, 3.05) is 6.61 Å². The van der Waals surface area contributed by atoms with Crippen molar-refractivity contribution in [1.82, 2.24) is 0 Å². The third kappa shape index (κ3) is 6.34. The molecule has 0 unspecified atom stereocenters. The lowest BCUT2D eigenvalue weighted by atomic mass is 10.0. The second kappa shape index (κ2) is 8.31. The van der Waals surface area contributed by atoms with E-state index in [4.69, 9.17) is 14.2 Å². The maximum atomic E-state index is 11.8. The summed E-state index contributed by atoms with van der Waals surface area (Å²) in [5.74, 6) is 0.0979. The highest BCUT2D eigenvalue weighted by molar-refractivity contribution is 5.82. The standard InChI is InChI=1S/C19H26O5/c1-19(2,3)24-18(21)11-15-9-10-16(20)17(23-15)13-22-12-14-7-5-4-6-8-14/h4-8,11,16-17,20H,9-10,12-13H2,1-3H3/b15-11-/t16-,17+/m1/s1. The first-order chi connectivity index (χ1) is 11.3. The van der Waals surface area contributed by atoms with Gasteiger partial charge < -0.3 is 19.3 Å². The molecule has 1 N–H and O–H groups in total. The average molecular weight is 334 g/mol. The molecule has 5 heteroatoms. The van der Waals surface area contributed by atoms with Gasteiger partial charge in [0, 0.05) is 6.42 Å². The van der Waals surface area contributed by atoms with Crippen LogP contribution in [0.5, 0.6) is 0 Å². The van der Waals surface area contributed by atoms with Crippen LogP contribution in [0.4, 0.5) is 0 Å². The van der Waals surface area contributed by atoms with Crippen LogP contribution in [0.25, 0.3) is 0 Å². The largest absolute Gasteiger partial charge is 0.489 e. The Morgan fingerprint density at radius 3 is 2.71 bits per heavy atom. The van der Waals surface area contributed by atoms with Gasteiger partial charge in [0.2, 0.25) is 0 Å². The van der Waals surface area contributed by atoms with E-state index in [0.717, 1.165) is 5.56 Å². The Bertz CT molecular complexity index is 559. The first-order valence-electron chi connectivity index (χ1n) is 8.23. The third-order valence-corrected chi connectivity index (χ3v) is 3.50. The number of hydrogen-bond donors (Lipinski definition) is 1. The SMILES string of the molecule is CC(C)(C)OC(=O)/C=C1/CC[C@@H](O)[C@H](COCc2ccccc2)O1. The topological polar surface area (TPSA) is 65.0 Å². The van der Waals surface area contributed by atoms with Gasteiger partial charge >= 0.3 is 5.97 Å². The molecule has 2 atom stereocenters. The summed E-state index contributed by atoms with van der Waals surface area (Å²) in [4.78, 5) is 11.8. The smallest absolute Gasteiger partial charge is 0.334 e. The second-order valence-electron chi connectivity index (χ2n) is 6.91. The van der Waals surface area contributed by atoms with Crippen molar-refractivity contribution in [1.29, 1.82) is 0 Å². The first kappa shape index (κ1) is 18.5. The van der Waals surface area contributed by atoms with Crippen LogP contribution < -0.4 is 0 Å². The summed E-state index contributed by atoms with van der Waals surface area (Å²) in [5.41, 5.74) is 0.521. The van der Waals surface area contributed by atoms with Gasteiger partial charge in [-0.15, -0.1) is 0 Å². The van der Waals surface area contributed by atoms with Crippen LogP contribution in [0.3, 0.4) is 0 Å². The fourth-order valence-corrected chi connectivity index (χ4v) is 2.39. The monoisotopic (exact) mass is 334 g/mol. The molecule has 0 aliphatic carbocycles. The molecule has 0 saturated carbocycles. The zero-order valence-corrected chi connectivity index (χ0v) is 14.5. The fourth-order valence-electron chi connectivity index (χ4n) is 2.39. The molecule has 1 aromatic carbocycles. The first-order valence-corrected chi connectivity index (χ1v) is 8.23. The number of carbonyl (C=O) groups is 1. The van der Waals surface area contributed by atoms with Crippen molar-refractivity contribution in [3.8, 4) is 0 Å². The molecular weight excluding hydrogens is 308 g/mol. The van der Waals surface area contributed by atoms with Crippen molar-refractivity contribution < 1.29 is 24.1 Å². The predicted octanol–water partition coefficient (Wildman–Crippen LogP) is 2.97. The minimum atomic E-state index is -0.600. The van der Waals surface area contributed by atoms with Gasteiger partial charge in [-0.3, -0.25) is 0 Å². The Labute approximate surface area is 143 Å².